The molecule has 1 aliphatic heterocycles. The molecule has 1 saturated carbocycles. The first-order chi connectivity index (χ1) is 12.6. The molecule has 2 aromatic carbocycles. The van der Waals surface area contributed by atoms with Crippen LogP contribution in [-0.2, 0) is 16.0 Å². The number of nitrogens with zero attached hydrogens (tertiary/aromatic N) is 2. The van der Waals surface area contributed by atoms with Gasteiger partial charge < -0.3 is 9.80 Å². The SMILES string of the molecule is Cc1ccc(N2C[C@H](Cc3ccccc3)N(C(=O)C3CC3)CC2=O)cc1. The Morgan fingerprint density at radius 2 is 1.73 bits per heavy atom. The minimum absolute atomic E-state index is 0.00663. The fourth-order valence-electron chi connectivity index (χ4n) is 3.63. The second kappa shape index (κ2) is 6.94. The molecule has 4 nitrogen and oxygen atoms in total. The van der Waals surface area contributed by atoms with E-state index >= 15 is 0 Å². The molecule has 4 rings (SSSR count). The van der Waals surface area contributed by atoms with Crippen LogP contribution in [0, 0.1) is 12.8 Å². The molecule has 2 aromatic rings. The van der Waals surface area contributed by atoms with Crippen molar-refractivity contribution in [2.45, 2.75) is 32.2 Å². The van der Waals surface area contributed by atoms with Crippen molar-refractivity contribution in [2.24, 2.45) is 5.92 Å². The summed E-state index contributed by atoms with van der Waals surface area (Å²) in [6.45, 7) is 2.77. The van der Waals surface area contributed by atoms with Gasteiger partial charge >= 0.3 is 0 Å². The fourth-order valence-corrected chi connectivity index (χ4v) is 3.63. The van der Waals surface area contributed by atoms with Gasteiger partial charge in [-0.05, 0) is 43.9 Å². The number of carbonyl (C=O) groups excluding carboxylic acids is 2. The third-order valence-corrected chi connectivity index (χ3v) is 5.31. The molecule has 4 heteroatoms. The Balaban J connectivity index is 1.59. The maximum atomic E-state index is 12.8. The zero-order valence-corrected chi connectivity index (χ0v) is 15.1. The molecule has 0 radical (unpaired) electrons. The number of aryl methyl sites for hydroxylation is 1. The van der Waals surface area contributed by atoms with E-state index in [1.54, 1.807) is 0 Å². The normalized spacial score (nSPS) is 20.3. The Kier molecular flexibility index (Phi) is 4.49. The first kappa shape index (κ1) is 16.8. The van der Waals surface area contributed by atoms with Crippen LogP contribution in [0.3, 0.4) is 0 Å². The van der Waals surface area contributed by atoms with Crippen molar-refractivity contribution >= 4 is 17.5 Å². The highest BCUT2D eigenvalue weighted by molar-refractivity contribution is 5.98. The molecule has 0 N–H and O–H groups in total. The van der Waals surface area contributed by atoms with E-state index in [0.717, 1.165) is 24.9 Å². The van der Waals surface area contributed by atoms with Crippen LogP contribution in [0.1, 0.15) is 24.0 Å². The van der Waals surface area contributed by atoms with Crippen LogP contribution < -0.4 is 4.90 Å². The average molecular weight is 348 g/mol. The molecule has 2 fully saturated rings. The number of hydrogen-bond acceptors (Lipinski definition) is 2. The lowest BCUT2D eigenvalue weighted by molar-refractivity contribution is -0.140. The molecular formula is C22H24N2O2. The predicted octanol–water partition coefficient (Wildman–Crippen LogP) is 3.19. The topological polar surface area (TPSA) is 40.6 Å². The van der Waals surface area contributed by atoms with E-state index in [2.05, 4.69) is 12.1 Å². The minimum Gasteiger partial charge on any atom is -0.328 e. The van der Waals surface area contributed by atoms with Crippen molar-refractivity contribution in [3.63, 3.8) is 0 Å². The van der Waals surface area contributed by atoms with Gasteiger partial charge in [0.15, 0.2) is 0 Å². The summed E-state index contributed by atoms with van der Waals surface area (Å²) in [6.07, 6.45) is 2.70. The lowest BCUT2D eigenvalue weighted by atomic mass is 10.0. The summed E-state index contributed by atoms with van der Waals surface area (Å²) in [5.41, 5.74) is 3.28. The van der Waals surface area contributed by atoms with Crippen molar-refractivity contribution in [3.05, 3.63) is 65.7 Å². The largest absolute Gasteiger partial charge is 0.328 e. The molecule has 0 aromatic heterocycles. The zero-order chi connectivity index (χ0) is 18.1. The number of amides is 2. The van der Waals surface area contributed by atoms with E-state index in [1.807, 2.05) is 59.2 Å². The smallest absolute Gasteiger partial charge is 0.246 e. The average Bonchev–Trinajstić information content (AvgIpc) is 3.49. The maximum absolute atomic E-state index is 12.8. The predicted molar refractivity (Wildman–Crippen MR) is 102 cm³/mol. The monoisotopic (exact) mass is 348 g/mol. The Hall–Kier alpha value is -2.62. The summed E-state index contributed by atoms with van der Waals surface area (Å²) in [5.74, 6) is 0.294. The molecule has 134 valence electrons. The van der Waals surface area contributed by atoms with E-state index in [4.69, 9.17) is 0 Å². The van der Waals surface area contributed by atoms with Crippen molar-refractivity contribution in [2.75, 3.05) is 18.0 Å². The minimum atomic E-state index is 0.00663. The van der Waals surface area contributed by atoms with Crippen LogP contribution in [0.4, 0.5) is 5.69 Å². The number of carbonyl (C=O) groups is 2. The van der Waals surface area contributed by atoms with Gasteiger partial charge in [0.05, 0.1) is 6.04 Å². The van der Waals surface area contributed by atoms with Crippen molar-refractivity contribution in [3.8, 4) is 0 Å². The van der Waals surface area contributed by atoms with Crippen LogP contribution in [0.15, 0.2) is 54.6 Å². The molecule has 0 unspecified atom stereocenters. The van der Waals surface area contributed by atoms with E-state index < -0.39 is 0 Å². The summed E-state index contributed by atoms with van der Waals surface area (Å²) in [5, 5.41) is 0. The Bertz CT molecular complexity index is 797. The second-order valence-corrected chi connectivity index (χ2v) is 7.42. The standard InChI is InChI=1S/C22H24N2O2/c1-16-7-11-19(12-8-16)23-14-20(13-17-5-3-2-4-6-17)24(15-21(23)25)22(26)18-9-10-18/h2-8,11-12,18,20H,9-10,13-15H2,1H3/t20-/m0/s1. The first-order valence-corrected chi connectivity index (χ1v) is 9.33. The van der Waals surface area contributed by atoms with Crippen LogP contribution in [0.25, 0.3) is 0 Å². The molecule has 0 bridgehead atoms. The van der Waals surface area contributed by atoms with E-state index in [-0.39, 0.29) is 30.3 Å². The van der Waals surface area contributed by atoms with Crippen molar-refractivity contribution in [1.29, 1.82) is 0 Å². The third-order valence-electron chi connectivity index (χ3n) is 5.31. The molecule has 26 heavy (non-hydrogen) atoms. The number of hydrogen-bond donors (Lipinski definition) is 0. The molecule has 1 atom stereocenters. The van der Waals surface area contributed by atoms with Crippen LogP contribution in [0.5, 0.6) is 0 Å². The van der Waals surface area contributed by atoms with E-state index in [1.165, 1.54) is 11.1 Å². The zero-order valence-electron chi connectivity index (χ0n) is 15.1. The Labute approximate surface area is 154 Å². The van der Waals surface area contributed by atoms with Crippen LogP contribution >= 0.6 is 0 Å². The quantitative estimate of drug-likeness (QED) is 0.851. The first-order valence-electron chi connectivity index (χ1n) is 9.33. The molecule has 1 saturated heterocycles. The molecule has 2 aliphatic rings. The van der Waals surface area contributed by atoms with E-state index in [0.29, 0.717) is 6.54 Å². The van der Waals surface area contributed by atoms with Gasteiger partial charge in [0.1, 0.15) is 6.54 Å². The Morgan fingerprint density at radius 1 is 1.04 bits per heavy atom. The number of piperazine rings is 1. The number of anilines is 1. The summed E-state index contributed by atoms with van der Waals surface area (Å²) in [7, 11) is 0. The van der Waals surface area contributed by atoms with E-state index in [9.17, 15) is 9.59 Å². The molecule has 0 spiro atoms. The highest BCUT2D eigenvalue weighted by Gasteiger charge is 2.41. The van der Waals surface area contributed by atoms with Gasteiger partial charge in [-0.1, -0.05) is 48.0 Å². The van der Waals surface area contributed by atoms with Gasteiger partial charge in [0.25, 0.3) is 0 Å². The Morgan fingerprint density at radius 3 is 2.38 bits per heavy atom. The van der Waals surface area contributed by atoms with Gasteiger partial charge in [-0.25, -0.2) is 0 Å². The van der Waals surface area contributed by atoms with Gasteiger partial charge in [0.2, 0.25) is 11.8 Å². The van der Waals surface area contributed by atoms with Crippen molar-refractivity contribution in [1.82, 2.24) is 4.90 Å². The van der Waals surface area contributed by atoms with Crippen molar-refractivity contribution < 1.29 is 9.59 Å². The van der Waals surface area contributed by atoms with Gasteiger partial charge in [-0.3, -0.25) is 9.59 Å². The third kappa shape index (κ3) is 3.50. The van der Waals surface area contributed by atoms with Crippen LogP contribution in [0.2, 0.25) is 0 Å². The molecule has 1 heterocycles. The molecule has 2 amide bonds. The summed E-state index contributed by atoms with van der Waals surface area (Å²) < 4.78 is 0. The van der Waals surface area contributed by atoms with Gasteiger partial charge in [-0.2, -0.15) is 0 Å². The highest BCUT2D eigenvalue weighted by atomic mass is 16.2. The summed E-state index contributed by atoms with van der Waals surface area (Å²) >= 11 is 0. The van der Waals surface area contributed by atoms with Crippen LogP contribution in [-0.4, -0.2) is 35.8 Å². The number of rotatable bonds is 4. The molecule has 1 aliphatic carbocycles. The maximum Gasteiger partial charge on any atom is 0.246 e. The number of benzene rings is 2. The summed E-state index contributed by atoms with van der Waals surface area (Å²) in [6, 6.07) is 18.3. The lowest BCUT2D eigenvalue weighted by Crippen LogP contribution is -2.59. The second-order valence-electron chi connectivity index (χ2n) is 7.42. The fraction of sp³-hybridized carbons (Fsp3) is 0.364. The van der Waals surface area contributed by atoms with Gasteiger partial charge in [-0.15, -0.1) is 0 Å². The highest BCUT2D eigenvalue weighted by Crippen LogP contribution is 2.33. The van der Waals surface area contributed by atoms with Gasteiger partial charge in [0, 0.05) is 18.2 Å². The molecular weight excluding hydrogens is 324 g/mol. The lowest BCUT2D eigenvalue weighted by Gasteiger charge is -2.41. The summed E-state index contributed by atoms with van der Waals surface area (Å²) in [4.78, 5) is 29.2.